The lowest BCUT2D eigenvalue weighted by Crippen LogP contribution is -2.48. The summed E-state index contributed by atoms with van der Waals surface area (Å²) < 4.78 is 0. The molecule has 2 bridgehead atoms. The first-order chi connectivity index (χ1) is 8.32. The van der Waals surface area contributed by atoms with Gasteiger partial charge in [-0.1, -0.05) is 20.8 Å². The summed E-state index contributed by atoms with van der Waals surface area (Å²) >= 11 is 0. The molecule has 18 heavy (non-hydrogen) atoms. The van der Waals surface area contributed by atoms with Crippen molar-refractivity contribution in [1.82, 2.24) is 0 Å². The topological polar surface area (TPSA) is 38.7 Å². The minimum Gasteiger partial charge on any atom is -0.386 e. The summed E-state index contributed by atoms with van der Waals surface area (Å²) in [4.78, 5) is 11.7. The summed E-state index contributed by atoms with van der Waals surface area (Å²) in [5.41, 5.74) is -0.390. The third-order valence-corrected chi connectivity index (χ3v) is 5.49. The predicted octanol–water partition coefficient (Wildman–Crippen LogP) is 2.98. The molecule has 2 aliphatic carbocycles. The molecular formula is C15H24O3. The van der Waals surface area contributed by atoms with E-state index in [2.05, 4.69) is 26.8 Å². The third kappa shape index (κ3) is 1.41. The first-order valence-corrected chi connectivity index (χ1v) is 7.15. The van der Waals surface area contributed by atoms with Crippen LogP contribution in [-0.2, 0) is 9.78 Å². The molecule has 102 valence electrons. The summed E-state index contributed by atoms with van der Waals surface area (Å²) in [5, 5.41) is 10.6. The highest BCUT2D eigenvalue weighted by molar-refractivity contribution is 5.38. The van der Waals surface area contributed by atoms with Crippen molar-refractivity contribution in [2.24, 2.45) is 11.8 Å². The standard InChI is InChI=1S/C15H24O3/c1-10(2)14-6-5-11(3)15(18-17-14)8-7-13(4,16)12(15)9-14/h9-11,16H,5-8H2,1-4H3/t11-,13+,14-,15-/m0/s1. The van der Waals surface area contributed by atoms with Gasteiger partial charge in [-0.3, -0.25) is 0 Å². The van der Waals surface area contributed by atoms with Crippen molar-refractivity contribution in [3.05, 3.63) is 11.6 Å². The van der Waals surface area contributed by atoms with Crippen molar-refractivity contribution >= 4 is 0 Å². The lowest BCUT2D eigenvalue weighted by atomic mass is 9.80. The van der Waals surface area contributed by atoms with E-state index in [1.54, 1.807) is 0 Å². The van der Waals surface area contributed by atoms with Gasteiger partial charge in [0.1, 0.15) is 11.2 Å². The molecule has 0 aromatic carbocycles. The Morgan fingerprint density at radius 1 is 1.28 bits per heavy atom. The Kier molecular flexibility index (Phi) is 2.52. The molecule has 1 saturated heterocycles. The van der Waals surface area contributed by atoms with Gasteiger partial charge in [0, 0.05) is 0 Å². The zero-order valence-corrected chi connectivity index (χ0v) is 11.8. The molecular weight excluding hydrogens is 228 g/mol. The average Bonchev–Trinajstić information content (AvgIpc) is 2.45. The molecule has 4 rings (SSSR count). The van der Waals surface area contributed by atoms with Gasteiger partial charge in [-0.15, -0.1) is 0 Å². The molecule has 2 fully saturated rings. The smallest absolute Gasteiger partial charge is 0.130 e. The van der Waals surface area contributed by atoms with Crippen LogP contribution >= 0.6 is 0 Å². The number of hydrogen-bond acceptors (Lipinski definition) is 3. The van der Waals surface area contributed by atoms with Crippen molar-refractivity contribution < 1.29 is 14.9 Å². The number of rotatable bonds is 1. The molecule has 3 heteroatoms. The van der Waals surface area contributed by atoms with Crippen LogP contribution in [0.3, 0.4) is 0 Å². The highest BCUT2D eigenvalue weighted by Crippen LogP contribution is 2.57. The van der Waals surface area contributed by atoms with Crippen molar-refractivity contribution in [2.45, 2.75) is 70.2 Å². The van der Waals surface area contributed by atoms with Gasteiger partial charge in [0.25, 0.3) is 0 Å². The van der Waals surface area contributed by atoms with Gasteiger partial charge < -0.3 is 5.11 Å². The fourth-order valence-corrected chi connectivity index (χ4v) is 3.87. The molecule has 1 spiro atoms. The molecule has 0 unspecified atom stereocenters. The van der Waals surface area contributed by atoms with Crippen LogP contribution in [0.5, 0.6) is 0 Å². The molecule has 4 atom stereocenters. The maximum absolute atomic E-state index is 10.6. The number of hydrogen-bond donors (Lipinski definition) is 1. The van der Waals surface area contributed by atoms with E-state index in [1.807, 2.05) is 6.92 Å². The zero-order valence-electron chi connectivity index (χ0n) is 11.8. The van der Waals surface area contributed by atoms with Crippen LogP contribution in [0.4, 0.5) is 0 Å². The van der Waals surface area contributed by atoms with E-state index < -0.39 is 5.60 Å². The average molecular weight is 252 g/mol. The van der Waals surface area contributed by atoms with Crippen LogP contribution in [0.1, 0.15) is 53.4 Å². The van der Waals surface area contributed by atoms with E-state index in [9.17, 15) is 5.11 Å². The van der Waals surface area contributed by atoms with E-state index in [-0.39, 0.29) is 11.2 Å². The first kappa shape index (κ1) is 12.6. The van der Waals surface area contributed by atoms with Crippen molar-refractivity contribution in [2.75, 3.05) is 0 Å². The largest absolute Gasteiger partial charge is 0.386 e. The molecule has 0 amide bonds. The highest BCUT2D eigenvalue weighted by atomic mass is 17.2. The molecule has 0 radical (unpaired) electrons. The van der Waals surface area contributed by atoms with Crippen molar-refractivity contribution in [3.63, 3.8) is 0 Å². The maximum atomic E-state index is 10.6. The van der Waals surface area contributed by atoms with E-state index in [0.717, 1.165) is 31.3 Å². The van der Waals surface area contributed by atoms with Crippen molar-refractivity contribution in [1.29, 1.82) is 0 Å². The quantitative estimate of drug-likeness (QED) is 0.576. The first-order valence-electron chi connectivity index (χ1n) is 7.15. The Hall–Kier alpha value is -0.380. The minimum atomic E-state index is -0.734. The normalized spacial score (nSPS) is 51.2. The lowest BCUT2D eigenvalue weighted by Gasteiger charge is -2.43. The second kappa shape index (κ2) is 3.59. The summed E-state index contributed by atoms with van der Waals surface area (Å²) in [6, 6.07) is 0. The number of aliphatic hydroxyl groups is 1. The zero-order chi connectivity index (χ0) is 13.2. The van der Waals surface area contributed by atoms with Crippen LogP contribution in [0.25, 0.3) is 0 Å². The highest BCUT2D eigenvalue weighted by Gasteiger charge is 2.61. The Morgan fingerprint density at radius 3 is 2.67 bits per heavy atom. The fourth-order valence-electron chi connectivity index (χ4n) is 3.87. The molecule has 2 heterocycles. The van der Waals surface area contributed by atoms with Crippen LogP contribution in [0.2, 0.25) is 0 Å². The fraction of sp³-hybridized carbons (Fsp3) is 0.867. The Labute approximate surface area is 109 Å². The maximum Gasteiger partial charge on any atom is 0.130 e. The summed E-state index contributed by atoms with van der Waals surface area (Å²) in [6.45, 7) is 8.46. The monoisotopic (exact) mass is 252 g/mol. The van der Waals surface area contributed by atoms with E-state index in [0.29, 0.717) is 11.8 Å². The van der Waals surface area contributed by atoms with Crippen LogP contribution < -0.4 is 0 Å². The second-order valence-electron chi connectivity index (χ2n) is 6.94. The van der Waals surface area contributed by atoms with Crippen LogP contribution in [0.15, 0.2) is 11.6 Å². The van der Waals surface area contributed by atoms with Crippen LogP contribution in [-0.4, -0.2) is 21.9 Å². The van der Waals surface area contributed by atoms with Gasteiger partial charge >= 0.3 is 0 Å². The summed E-state index contributed by atoms with van der Waals surface area (Å²) in [6.07, 6.45) is 5.89. The number of fused-ring (bicyclic) bond motifs is 3. The summed E-state index contributed by atoms with van der Waals surface area (Å²) in [5.74, 6) is 0.755. The molecule has 0 aromatic rings. The van der Waals surface area contributed by atoms with E-state index in [1.165, 1.54) is 0 Å². The third-order valence-electron chi connectivity index (χ3n) is 5.49. The van der Waals surface area contributed by atoms with E-state index in [4.69, 9.17) is 9.78 Å². The molecule has 2 aliphatic heterocycles. The Balaban J connectivity index is 2.15. The van der Waals surface area contributed by atoms with Gasteiger partial charge in [-0.2, -0.15) is 0 Å². The second-order valence-corrected chi connectivity index (χ2v) is 6.94. The molecule has 0 aromatic heterocycles. The molecule has 3 nitrogen and oxygen atoms in total. The Morgan fingerprint density at radius 2 is 2.00 bits per heavy atom. The SMILES string of the molecule is CC(C)[C@]12C=C3[C@](C)(O)CC[C@]3(OO1)[C@@H](C)CC2. The minimum absolute atomic E-state index is 0.349. The predicted molar refractivity (Wildman–Crippen MR) is 68.8 cm³/mol. The molecule has 1 saturated carbocycles. The Bertz CT molecular complexity index is 399. The molecule has 4 aliphatic rings. The van der Waals surface area contributed by atoms with Gasteiger partial charge in [0.2, 0.25) is 0 Å². The summed E-state index contributed by atoms with van der Waals surface area (Å²) in [7, 11) is 0. The van der Waals surface area contributed by atoms with E-state index >= 15 is 0 Å². The van der Waals surface area contributed by atoms with Gasteiger partial charge in [-0.05, 0) is 56.1 Å². The van der Waals surface area contributed by atoms with Crippen molar-refractivity contribution in [3.8, 4) is 0 Å². The lowest BCUT2D eigenvalue weighted by molar-refractivity contribution is -0.409. The van der Waals surface area contributed by atoms with Gasteiger partial charge in [-0.25, -0.2) is 9.78 Å². The van der Waals surface area contributed by atoms with Gasteiger partial charge in [0.15, 0.2) is 0 Å². The molecule has 1 N–H and O–H groups in total. The van der Waals surface area contributed by atoms with Gasteiger partial charge in [0.05, 0.1) is 5.60 Å². The van der Waals surface area contributed by atoms with Crippen LogP contribution in [0, 0.1) is 11.8 Å².